The molecule has 0 unspecified atom stereocenters. The lowest BCUT2D eigenvalue weighted by Crippen LogP contribution is -2.47. The Labute approximate surface area is 267 Å². The molecule has 42 heavy (non-hydrogen) atoms. The predicted molar refractivity (Wildman–Crippen MR) is 169 cm³/mol. The van der Waals surface area contributed by atoms with Gasteiger partial charge in [0.25, 0.3) is 0 Å². The van der Waals surface area contributed by atoms with Gasteiger partial charge in [0.1, 0.15) is 18.5 Å². The second-order valence-electron chi connectivity index (χ2n) is 11.4. The summed E-state index contributed by atoms with van der Waals surface area (Å²) in [6.45, 7) is 12.3. The van der Waals surface area contributed by atoms with Crippen molar-refractivity contribution in [3.8, 4) is 0 Å². The van der Waals surface area contributed by atoms with E-state index in [1.165, 1.54) is 0 Å². The smallest absolute Gasteiger partial charge is 0.430 e. The number of Topliss-reactive ketones (excluding diaryl/α,β-unsaturated/α-hetero) is 1. The third-order valence-electron chi connectivity index (χ3n) is 7.37. The fraction of sp³-hybridized carbons (Fsp3) is 0.600. The Hall–Kier alpha value is -1.91. The number of nitrogens with zero attached hydrogens (tertiary/aromatic N) is 1. The molecule has 0 bridgehead atoms. The number of halogens is 3. The Morgan fingerprint density at radius 1 is 1.26 bits per heavy atom. The number of carbonyl (C=O) groups excluding carboxylic acids is 3. The van der Waals surface area contributed by atoms with Gasteiger partial charge in [-0.1, -0.05) is 91.9 Å². The molecule has 0 aliphatic carbocycles. The molecule has 0 fully saturated rings. The van der Waals surface area contributed by atoms with Crippen molar-refractivity contribution in [2.24, 2.45) is 23.2 Å². The van der Waals surface area contributed by atoms with Crippen LogP contribution in [0.5, 0.6) is 0 Å². The van der Waals surface area contributed by atoms with E-state index in [1.54, 1.807) is 32.1 Å². The first-order valence-electron chi connectivity index (χ1n) is 13.7. The van der Waals surface area contributed by atoms with Gasteiger partial charge in [0, 0.05) is 17.8 Å². The summed E-state index contributed by atoms with van der Waals surface area (Å²) in [6.07, 6.45) is 4.88. The number of aliphatic hydroxyl groups is 1. The van der Waals surface area contributed by atoms with Crippen LogP contribution in [0.4, 0.5) is 4.79 Å². The molecule has 12 heteroatoms. The number of allylic oxidation sites excluding steroid dienone is 3. The summed E-state index contributed by atoms with van der Waals surface area (Å²) < 4.78 is 8.72. The molecule has 2 N–H and O–H groups in total. The van der Waals surface area contributed by atoms with Gasteiger partial charge in [-0.15, -0.1) is 11.3 Å². The van der Waals surface area contributed by atoms with Crippen LogP contribution in [0.15, 0.2) is 34.8 Å². The van der Waals surface area contributed by atoms with E-state index in [9.17, 15) is 19.5 Å². The number of nitrogens with one attached hydrogen (secondary N) is 1. The Balaban J connectivity index is 2.42. The van der Waals surface area contributed by atoms with Crippen LogP contribution in [0.1, 0.15) is 65.1 Å². The number of amides is 1. The van der Waals surface area contributed by atoms with Gasteiger partial charge in [-0.05, 0) is 39.2 Å². The number of alkyl halides is 3. The van der Waals surface area contributed by atoms with Crippen molar-refractivity contribution in [2.75, 3.05) is 13.2 Å². The number of ketones is 1. The molecule has 0 saturated carbocycles. The molecule has 2 rings (SSSR count). The number of ether oxygens (including phenoxy) is 2. The highest BCUT2D eigenvalue weighted by atomic mass is 35.6. The largest absolute Gasteiger partial charge is 0.508 e. The Kier molecular flexibility index (Phi) is 13.6. The second kappa shape index (κ2) is 15.7. The third kappa shape index (κ3) is 11.3. The molecule has 1 aromatic heterocycles. The number of aryl methyl sites for hydroxylation is 1. The van der Waals surface area contributed by atoms with Crippen LogP contribution in [0, 0.1) is 30.1 Å². The number of hydrogen-bond acceptors (Lipinski definition) is 8. The molecule has 8 nitrogen and oxygen atoms in total. The van der Waals surface area contributed by atoms with Crippen molar-refractivity contribution < 1.29 is 29.0 Å². The lowest BCUT2D eigenvalue weighted by atomic mass is 9.73. The number of rotatable bonds is 4. The zero-order valence-electron chi connectivity index (χ0n) is 25.1. The number of thiazole rings is 1. The maximum Gasteiger partial charge on any atom is 0.508 e. The molecule has 1 aliphatic heterocycles. The van der Waals surface area contributed by atoms with Crippen LogP contribution in [0.25, 0.3) is 6.08 Å². The van der Waals surface area contributed by atoms with E-state index in [-0.39, 0.29) is 29.9 Å². The first-order valence-corrected chi connectivity index (χ1v) is 15.8. The summed E-state index contributed by atoms with van der Waals surface area (Å²) in [5.74, 6) is -2.04. The van der Waals surface area contributed by atoms with Gasteiger partial charge in [0.05, 0.1) is 34.6 Å². The maximum atomic E-state index is 13.7. The minimum absolute atomic E-state index is 0.137. The molecule has 1 aliphatic rings. The van der Waals surface area contributed by atoms with Gasteiger partial charge >= 0.3 is 6.16 Å². The first kappa shape index (κ1) is 36.3. The fourth-order valence-corrected chi connectivity index (χ4v) is 5.47. The third-order valence-corrected chi connectivity index (χ3v) is 8.49. The minimum Gasteiger partial charge on any atom is -0.430 e. The normalized spacial score (nSPS) is 28.8. The van der Waals surface area contributed by atoms with Gasteiger partial charge in [0.15, 0.2) is 0 Å². The van der Waals surface area contributed by atoms with Crippen LogP contribution >= 0.6 is 46.1 Å². The van der Waals surface area contributed by atoms with Crippen molar-refractivity contribution in [3.05, 3.63) is 45.5 Å². The molecule has 0 spiro atoms. The predicted octanol–water partition coefficient (Wildman–Crippen LogP) is 7.00. The van der Waals surface area contributed by atoms with Gasteiger partial charge in [-0.3, -0.25) is 9.59 Å². The molecule has 0 radical (unpaired) electrons. The zero-order chi connectivity index (χ0) is 31.8. The van der Waals surface area contributed by atoms with Crippen molar-refractivity contribution in [1.82, 2.24) is 10.3 Å². The van der Waals surface area contributed by atoms with E-state index in [0.29, 0.717) is 13.0 Å². The highest BCUT2D eigenvalue weighted by Crippen LogP contribution is 2.33. The standard InChI is InChI=1S/C30H41Cl3N2O6S/c1-17-9-8-10-18(2)26(41-28(39)40-16-30(31,32)33)20(4)27(38)29(6,7)24(36)13-25(37)34-14-22(11-17)19(3)12-23-15-42-21(5)35-23/h8-9,11-12,15,18,20,22,24,26,36H,10,13-14,16H2,1-7H3,(H,34,37)/b9-8+,17-11+,19-12+/t18-,20+,22+,24-,26-/m0/s1. The quantitative estimate of drug-likeness (QED) is 0.263. The summed E-state index contributed by atoms with van der Waals surface area (Å²) in [5, 5.41) is 16.9. The highest BCUT2D eigenvalue weighted by molar-refractivity contribution is 7.09. The second-order valence-corrected chi connectivity index (χ2v) is 15.0. The van der Waals surface area contributed by atoms with Crippen LogP contribution < -0.4 is 5.32 Å². The molecule has 2 heterocycles. The lowest BCUT2D eigenvalue weighted by Gasteiger charge is -2.35. The molecular formula is C30H41Cl3N2O6S. The van der Waals surface area contributed by atoms with E-state index in [2.05, 4.69) is 16.4 Å². The first-order chi connectivity index (χ1) is 19.4. The topological polar surface area (TPSA) is 115 Å². The summed E-state index contributed by atoms with van der Waals surface area (Å²) >= 11 is 18.6. The molecular weight excluding hydrogens is 623 g/mol. The Bertz CT molecular complexity index is 1200. The van der Waals surface area contributed by atoms with Crippen molar-refractivity contribution in [3.63, 3.8) is 0 Å². The monoisotopic (exact) mass is 662 g/mol. The van der Waals surface area contributed by atoms with Gasteiger partial charge in [-0.2, -0.15) is 0 Å². The summed E-state index contributed by atoms with van der Waals surface area (Å²) in [5.41, 5.74) is 1.50. The van der Waals surface area contributed by atoms with E-state index in [0.717, 1.165) is 21.8 Å². The summed E-state index contributed by atoms with van der Waals surface area (Å²) in [6, 6.07) is 0. The SMILES string of the molecule is CC1=C\[C@@H](/C(C)=C/c2csc(C)n2)CNC(=O)C[C@H](O)C(C)(C)C(=O)[C@H](C)[C@@H](OC(=O)OCC(Cl)(Cl)Cl)[C@@H](C)C\C=C\1. The van der Waals surface area contributed by atoms with Gasteiger partial charge in [0.2, 0.25) is 9.70 Å². The Morgan fingerprint density at radius 2 is 1.93 bits per heavy atom. The fourth-order valence-electron chi connectivity index (χ4n) is 4.74. The van der Waals surface area contributed by atoms with Crippen molar-refractivity contribution >= 4 is 70.1 Å². The zero-order valence-corrected chi connectivity index (χ0v) is 28.2. The summed E-state index contributed by atoms with van der Waals surface area (Å²) in [4.78, 5) is 43.6. The van der Waals surface area contributed by atoms with Crippen LogP contribution in [-0.4, -0.2) is 57.1 Å². The van der Waals surface area contributed by atoms with E-state index >= 15 is 0 Å². The van der Waals surface area contributed by atoms with E-state index in [4.69, 9.17) is 44.3 Å². The van der Waals surface area contributed by atoms with Crippen LogP contribution in [0.2, 0.25) is 0 Å². The Morgan fingerprint density at radius 3 is 2.52 bits per heavy atom. The molecule has 234 valence electrons. The maximum absolute atomic E-state index is 13.7. The van der Waals surface area contributed by atoms with Gasteiger partial charge < -0.3 is 19.9 Å². The molecule has 0 aromatic carbocycles. The average molecular weight is 664 g/mol. The molecule has 0 saturated heterocycles. The molecule has 1 amide bonds. The average Bonchev–Trinajstić information content (AvgIpc) is 3.30. The lowest BCUT2D eigenvalue weighted by molar-refractivity contribution is -0.143. The number of aromatic nitrogens is 1. The van der Waals surface area contributed by atoms with Crippen molar-refractivity contribution in [2.45, 2.75) is 77.3 Å². The van der Waals surface area contributed by atoms with E-state index < -0.39 is 40.1 Å². The minimum atomic E-state index is -1.82. The number of aliphatic hydroxyl groups excluding tert-OH is 1. The van der Waals surface area contributed by atoms with Crippen molar-refractivity contribution in [1.29, 1.82) is 0 Å². The van der Waals surface area contributed by atoms with E-state index in [1.807, 2.05) is 51.3 Å². The van der Waals surface area contributed by atoms with Crippen LogP contribution in [-0.2, 0) is 19.1 Å². The molecule has 5 atom stereocenters. The highest BCUT2D eigenvalue weighted by Gasteiger charge is 2.43. The summed E-state index contributed by atoms with van der Waals surface area (Å²) in [7, 11) is 0. The van der Waals surface area contributed by atoms with Crippen LogP contribution in [0.3, 0.4) is 0 Å². The number of carbonyl (C=O) groups is 3. The molecule has 1 aromatic rings. The number of hydrogen-bond donors (Lipinski definition) is 2. The van der Waals surface area contributed by atoms with Gasteiger partial charge in [-0.25, -0.2) is 9.78 Å².